The normalized spacial score (nSPS) is 15.9. The lowest BCUT2D eigenvalue weighted by Crippen LogP contribution is -2.45. The summed E-state index contributed by atoms with van der Waals surface area (Å²) in [5, 5.41) is 16.9. The molecule has 6 heteroatoms. The molecule has 3 rings (SSSR count). The first-order chi connectivity index (χ1) is 13.2. The van der Waals surface area contributed by atoms with Gasteiger partial charge in [0.15, 0.2) is 5.96 Å². The number of aliphatic hydroxyl groups is 1. The van der Waals surface area contributed by atoms with Crippen molar-refractivity contribution in [2.45, 2.75) is 32.5 Å². The summed E-state index contributed by atoms with van der Waals surface area (Å²) in [6, 6.07) is 14.4. The second-order valence-corrected chi connectivity index (χ2v) is 6.80. The molecule has 0 radical (unpaired) electrons. The van der Waals surface area contributed by atoms with Gasteiger partial charge in [-0.05, 0) is 36.6 Å². The van der Waals surface area contributed by atoms with Crippen LogP contribution in [-0.2, 0) is 19.5 Å². The molecule has 3 N–H and O–H groups in total. The summed E-state index contributed by atoms with van der Waals surface area (Å²) in [5.74, 6) is 0.700. The molecular formula is C21H29N5O. The quantitative estimate of drug-likeness (QED) is 0.512. The topological polar surface area (TPSA) is 72.8 Å². The van der Waals surface area contributed by atoms with Crippen LogP contribution in [0.1, 0.15) is 23.7 Å². The van der Waals surface area contributed by atoms with Gasteiger partial charge in [0, 0.05) is 38.9 Å². The molecule has 0 bridgehead atoms. The van der Waals surface area contributed by atoms with Gasteiger partial charge in [-0.1, -0.05) is 30.3 Å². The summed E-state index contributed by atoms with van der Waals surface area (Å²) in [5.41, 5.74) is 3.72. The van der Waals surface area contributed by atoms with Crippen molar-refractivity contribution in [1.82, 2.24) is 20.5 Å². The van der Waals surface area contributed by atoms with Crippen LogP contribution in [0.5, 0.6) is 0 Å². The minimum atomic E-state index is -0.450. The molecule has 2 aromatic rings. The Hall–Kier alpha value is -2.44. The molecule has 144 valence electrons. The molecule has 0 aliphatic carbocycles. The summed E-state index contributed by atoms with van der Waals surface area (Å²) >= 11 is 0. The van der Waals surface area contributed by atoms with Crippen molar-refractivity contribution in [3.63, 3.8) is 0 Å². The number of nitrogens with one attached hydrogen (secondary N) is 2. The van der Waals surface area contributed by atoms with E-state index in [2.05, 4.69) is 49.8 Å². The third-order valence-corrected chi connectivity index (χ3v) is 4.65. The predicted molar refractivity (Wildman–Crippen MR) is 108 cm³/mol. The first kappa shape index (κ1) is 19.3. The number of rotatable bonds is 7. The number of nitrogens with zero attached hydrogens (tertiary/aromatic N) is 3. The van der Waals surface area contributed by atoms with Crippen molar-refractivity contribution >= 4 is 5.96 Å². The Balaban J connectivity index is 1.47. The van der Waals surface area contributed by atoms with E-state index in [9.17, 15) is 5.11 Å². The Kier molecular flexibility index (Phi) is 7.19. The molecule has 1 aliphatic heterocycles. The molecule has 0 spiro atoms. The molecule has 1 atom stereocenters. The number of aliphatic imine (C=N–C) groups is 1. The van der Waals surface area contributed by atoms with E-state index < -0.39 is 6.10 Å². The molecule has 1 aliphatic rings. The molecule has 27 heavy (non-hydrogen) atoms. The minimum absolute atomic E-state index is 0.450. The second-order valence-electron chi connectivity index (χ2n) is 6.80. The number of guanidine groups is 1. The Morgan fingerprint density at radius 1 is 1.19 bits per heavy atom. The van der Waals surface area contributed by atoms with E-state index in [0.29, 0.717) is 25.6 Å². The average Bonchev–Trinajstić information content (AvgIpc) is 2.71. The Bertz CT molecular complexity index is 734. The summed E-state index contributed by atoms with van der Waals surface area (Å²) in [4.78, 5) is 11.1. The van der Waals surface area contributed by atoms with Crippen LogP contribution < -0.4 is 10.6 Å². The van der Waals surface area contributed by atoms with Gasteiger partial charge in [-0.3, -0.25) is 9.88 Å². The maximum atomic E-state index is 10.5. The van der Waals surface area contributed by atoms with E-state index in [1.807, 2.05) is 25.1 Å². The van der Waals surface area contributed by atoms with Crippen LogP contribution in [0, 0.1) is 0 Å². The van der Waals surface area contributed by atoms with E-state index in [4.69, 9.17) is 0 Å². The van der Waals surface area contributed by atoms with Gasteiger partial charge in [0.05, 0.1) is 18.3 Å². The summed E-state index contributed by atoms with van der Waals surface area (Å²) in [6.45, 7) is 6.32. The lowest BCUT2D eigenvalue weighted by Gasteiger charge is -2.30. The van der Waals surface area contributed by atoms with Crippen molar-refractivity contribution in [2.75, 3.05) is 26.2 Å². The predicted octanol–water partition coefficient (Wildman–Crippen LogP) is 1.56. The largest absolute Gasteiger partial charge is 0.390 e. The van der Waals surface area contributed by atoms with Crippen LogP contribution in [0.4, 0.5) is 0 Å². The zero-order chi connectivity index (χ0) is 18.9. The standard InChI is InChI=1S/C21H29N5O/c1-2-22-21(24-13-19-9-5-6-11-23-19)25-14-20(27)16-26-12-10-17-7-3-4-8-18(17)15-26/h3-9,11,20,27H,2,10,12-16H2,1H3,(H2,22,24,25). The number of hydrogen-bond donors (Lipinski definition) is 3. The van der Waals surface area contributed by atoms with Gasteiger partial charge in [-0.25, -0.2) is 4.99 Å². The van der Waals surface area contributed by atoms with Gasteiger partial charge in [-0.2, -0.15) is 0 Å². The van der Waals surface area contributed by atoms with Gasteiger partial charge in [0.25, 0.3) is 0 Å². The summed E-state index contributed by atoms with van der Waals surface area (Å²) in [6.07, 6.45) is 2.37. The van der Waals surface area contributed by atoms with E-state index in [1.165, 1.54) is 11.1 Å². The van der Waals surface area contributed by atoms with Gasteiger partial charge in [-0.15, -0.1) is 0 Å². The molecule has 1 aromatic carbocycles. The van der Waals surface area contributed by atoms with E-state index in [-0.39, 0.29) is 0 Å². The molecule has 0 saturated heterocycles. The van der Waals surface area contributed by atoms with Crippen molar-refractivity contribution in [3.05, 3.63) is 65.5 Å². The third kappa shape index (κ3) is 6.05. The number of aliphatic hydroxyl groups excluding tert-OH is 1. The Morgan fingerprint density at radius 3 is 2.78 bits per heavy atom. The fourth-order valence-corrected chi connectivity index (χ4v) is 3.28. The molecule has 1 unspecified atom stereocenters. The van der Waals surface area contributed by atoms with Crippen LogP contribution >= 0.6 is 0 Å². The maximum Gasteiger partial charge on any atom is 0.191 e. The van der Waals surface area contributed by atoms with Gasteiger partial charge in [0.2, 0.25) is 0 Å². The van der Waals surface area contributed by atoms with Gasteiger partial charge in [0.1, 0.15) is 0 Å². The molecular weight excluding hydrogens is 338 g/mol. The van der Waals surface area contributed by atoms with Crippen molar-refractivity contribution in [1.29, 1.82) is 0 Å². The number of benzene rings is 1. The van der Waals surface area contributed by atoms with E-state index in [0.717, 1.165) is 31.7 Å². The molecule has 2 heterocycles. The monoisotopic (exact) mass is 367 g/mol. The van der Waals surface area contributed by atoms with Crippen LogP contribution in [0.3, 0.4) is 0 Å². The van der Waals surface area contributed by atoms with Crippen LogP contribution in [0.25, 0.3) is 0 Å². The van der Waals surface area contributed by atoms with E-state index >= 15 is 0 Å². The SMILES string of the molecule is CCNC(=NCc1ccccn1)NCC(O)CN1CCc2ccccc2C1. The Morgan fingerprint density at radius 2 is 2.00 bits per heavy atom. The fourth-order valence-electron chi connectivity index (χ4n) is 3.28. The first-order valence-corrected chi connectivity index (χ1v) is 9.64. The van der Waals surface area contributed by atoms with Crippen LogP contribution in [0.15, 0.2) is 53.7 Å². The highest BCUT2D eigenvalue weighted by molar-refractivity contribution is 5.79. The zero-order valence-electron chi connectivity index (χ0n) is 15.9. The van der Waals surface area contributed by atoms with Crippen molar-refractivity contribution in [2.24, 2.45) is 4.99 Å². The minimum Gasteiger partial charge on any atom is -0.390 e. The molecule has 0 amide bonds. The first-order valence-electron chi connectivity index (χ1n) is 9.64. The number of β-amino-alcohol motifs (C(OH)–C–C–N with tert-alkyl or cyclic N) is 1. The van der Waals surface area contributed by atoms with Gasteiger partial charge < -0.3 is 15.7 Å². The van der Waals surface area contributed by atoms with Crippen molar-refractivity contribution < 1.29 is 5.11 Å². The Labute approximate surface area is 161 Å². The third-order valence-electron chi connectivity index (χ3n) is 4.65. The smallest absolute Gasteiger partial charge is 0.191 e. The van der Waals surface area contributed by atoms with Gasteiger partial charge >= 0.3 is 0 Å². The number of pyridine rings is 1. The van der Waals surface area contributed by atoms with Crippen LogP contribution in [0.2, 0.25) is 0 Å². The number of aromatic nitrogens is 1. The van der Waals surface area contributed by atoms with E-state index in [1.54, 1.807) is 6.20 Å². The summed E-state index contributed by atoms with van der Waals surface area (Å²) < 4.78 is 0. The average molecular weight is 367 g/mol. The lowest BCUT2D eigenvalue weighted by atomic mass is 10.00. The zero-order valence-corrected chi connectivity index (χ0v) is 15.9. The highest BCUT2D eigenvalue weighted by Gasteiger charge is 2.18. The molecule has 0 fully saturated rings. The van der Waals surface area contributed by atoms with Crippen molar-refractivity contribution in [3.8, 4) is 0 Å². The highest BCUT2D eigenvalue weighted by Crippen LogP contribution is 2.18. The van der Waals surface area contributed by atoms with Crippen LogP contribution in [-0.4, -0.2) is 53.2 Å². The number of fused-ring (bicyclic) bond motifs is 1. The molecule has 0 saturated carbocycles. The maximum absolute atomic E-state index is 10.5. The molecule has 6 nitrogen and oxygen atoms in total. The second kappa shape index (κ2) is 10.0. The number of hydrogen-bond acceptors (Lipinski definition) is 4. The summed E-state index contributed by atoms with van der Waals surface area (Å²) in [7, 11) is 0. The molecule has 1 aromatic heterocycles. The lowest BCUT2D eigenvalue weighted by molar-refractivity contribution is 0.108. The highest BCUT2D eigenvalue weighted by atomic mass is 16.3. The fraction of sp³-hybridized carbons (Fsp3) is 0.429.